The van der Waals surface area contributed by atoms with Crippen molar-refractivity contribution in [2.75, 3.05) is 0 Å². The van der Waals surface area contributed by atoms with Crippen LogP contribution in [0.5, 0.6) is 0 Å². The van der Waals surface area contributed by atoms with Crippen LogP contribution in [0.3, 0.4) is 0 Å². The number of carbonyl (C=O) groups is 2. The van der Waals surface area contributed by atoms with Crippen LogP contribution >= 0.6 is 0 Å². The molecule has 2 rings (SSSR count). The summed E-state index contributed by atoms with van der Waals surface area (Å²) in [4.78, 5) is 22.4. The highest BCUT2D eigenvalue weighted by Gasteiger charge is 2.32. The van der Waals surface area contributed by atoms with Crippen LogP contribution in [0.2, 0.25) is 0 Å². The molecule has 0 aliphatic carbocycles. The van der Waals surface area contributed by atoms with Gasteiger partial charge in [0.1, 0.15) is 12.2 Å². The normalized spacial score (nSPS) is 32.8. The molecule has 0 bridgehead atoms. The molecule has 2 atom stereocenters. The largest absolute Gasteiger partial charge is 0.458 e. The number of esters is 2. The minimum absolute atomic E-state index is 0.154. The molecule has 15 heavy (non-hydrogen) atoms. The molecule has 0 N–H and O–H groups in total. The molecule has 2 saturated heterocycles. The van der Waals surface area contributed by atoms with E-state index in [4.69, 9.17) is 9.47 Å². The Bertz CT molecular complexity index is 261. The van der Waals surface area contributed by atoms with Crippen LogP contribution in [0.1, 0.15) is 44.9 Å². The van der Waals surface area contributed by atoms with Crippen LogP contribution < -0.4 is 0 Å². The Morgan fingerprint density at radius 1 is 0.800 bits per heavy atom. The van der Waals surface area contributed by atoms with Crippen molar-refractivity contribution in [2.45, 2.75) is 57.2 Å². The molecule has 2 fully saturated rings. The lowest BCUT2D eigenvalue weighted by Crippen LogP contribution is -2.36. The highest BCUT2D eigenvalue weighted by molar-refractivity contribution is 5.71. The molecule has 0 aromatic heterocycles. The fourth-order valence-corrected chi connectivity index (χ4v) is 2.16. The Morgan fingerprint density at radius 3 is 1.93 bits per heavy atom. The Balaban J connectivity index is 1.95. The third kappa shape index (κ3) is 2.70. The van der Waals surface area contributed by atoms with E-state index in [2.05, 4.69) is 0 Å². The second-order valence-corrected chi connectivity index (χ2v) is 4.19. The summed E-state index contributed by atoms with van der Waals surface area (Å²) in [6.45, 7) is 0. The van der Waals surface area contributed by atoms with Crippen molar-refractivity contribution < 1.29 is 19.1 Å². The van der Waals surface area contributed by atoms with Crippen molar-refractivity contribution in [3.05, 3.63) is 0 Å². The molecule has 0 aromatic carbocycles. The average Bonchev–Trinajstić information content (AvgIpc) is 2.43. The number of hydrogen-bond donors (Lipinski definition) is 0. The molecule has 2 aliphatic rings. The summed E-state index contributed by atoms with van der Waals surface area (Å²) in [6.07, 6.45) is 4.94. The Morgan fingerprint density at radius 2 is 1.33 bits per heavy atom. The molecule has 2 aliphatic heterocycles. The predicted octanol–water partition coefficient (Wildman–Crippen LogP) is 1.57. The van der Waals surface area contributed by atoms with Crippen molar-refractivity contribution in [3.8, 4) is 0 Å². The molecule has 0 saturated carbocycles. The van der Waals surface area contributed by atoms with E-state index in [1.54, 1.807) is 0 Å². The van der Waals surface area contributed by atoms with Crippen LogP contribution in [-0.4, -0.2) is 24.1 Å². The first kappa shape index (κ1) is 10.5. The molecule has 0 radical (unpaired) electrons. The molecular formula is C11H16O4. The molecule has 0 amide bonds. The summed E-state index contributed by atoms with van der Waals surface area (Å²) < 4.78 is 10.5. The van der Waals surface area contributed by atoms with Crippen LogP contribution in [-0.2, 0) is 19.1 Å². The first-order chi connectivity index (χ1) is 7.25. The Labute approximate surface area is 88.9 Å². The summed E-state index contributed by atoms with van der Waals surface area (Å²) in [5.74, 6) is -0.314. The Kier molecular flexibility index (Phi) is 3.23. The number of ether oxygens (including phenoxy) is 2. The Hall–Kier alpha value is -1.06. The highest BCUT2D eigenvalue weighted by Crippen LogP contribution is 2.25. The van der Waals surface area contributed by atoms with Crippen LogP contribution in [0.25, 0.3) is 0 Å². The molecule has 0 aromatic rings. The van der Waals surface area contributed by atoms with E-state index in [-0.39, 0.29) is 24.1 Å². The van der Waals surface area contributed by atoms with E-state index in [0.717, 1.165) is 32.1 Å². The SMILES string of the molecule is O=C1CCCCC(C2CCCC(=O)O2)O1. The molecule has 2 heterocycles. The second-order valence-electron chi connectivity index (χ2n) is 4.19. The summed E-state index contributed by atoms with van der Waals surface area (Å²) in [5.41, 5.74) is 0. The van der Waals surface area contributed by atoms with Crippen molar-refractivity contribution in [1.82, 2.24) is 0 Å². The maximum Gasteiger partial charge on any atom is 0.306 e. The summed E-state index contributed by atoms with van der Waals surface area (Å²) in [5, 5.41) is 0. The van der Waals surface area contributed by atoms with Crippen molar-refractivity contribution in [3.63, 3.8) is 0 Å². The van der Waals surface area contributed by atoms with Crippen molar-refractivity contribution in [2.24, 2.45) is 0 Å². The van der Waals surface area contributed by atoms with Gasteiger partial charge in [-0.2, -0.15) is 0 Å². The lowest BCUT2D eigenvalue weighted by Gasteiger charge is -2.28. The number of carbonyl (C=O) groups excluding carboxylic acids is 2. The van der Waals surface area contributed by atoms with E-state index in [0.29, 0.717) is 12.8 Å². The van der Waals surface area contributed by atoms with Gasteiger partial charge in [0.25, 0.3) is 0 Å². The maximum atomic E-state index is 11.3. The van der Waals surface area contributed by atoms with Gasteiger partial charge >= 0.3 is 11.9 Å². The fraction of sp³-hybridized carbons (Fsp3) is 0.818. The summed E-state index contributed by atoms with van der Waals surface area (Å²) >= 11 is 0. The van der Waals surface area contributed by atoms with Gasteiger partial charge in [0.05, 0.1) is 0 Å². The molecule has 4 nitrogen and oxygen atoms in total. The topological polar surface area (TPSA) is 52.6 Å². The summed E-state index contributed by atoms with van der Waals surface area (Å²) in [6, 6.07) is 0. The maximum absolute atomic E-state index is 11.3. The van der Waals surface area contributed by atoms with Crippen LogP contribution in [0.4, 0.5) is 0 Å². The van der Waals surface area contributed by atoms with Crippen molar-refractivity contribution in [1.29, 1.82) is 0 Å². The first-order valence-electron chi connectivity index (χ1n) is 5.64. The zero-order valence-electron chi connectivity index (χ0n) is 8.74. The van der Waals surface area contributed by atoms with Gasteiger partial charge in [-0.25, -0.2) is 0 Å². The van der Waals surface area contributed by atoms with Gasteiger partial charge in [0.2, 0.25) is 0 Å². The number of rotatable bonds is 1. The third-order valence-electron chi connectivity index (χ3n) is 2.97. The van der Waals surface area contributed by atoms with Gasteiger partial charge in [0, 0.05) is 12.8 Å². The standard InChI is InChI=1S/C11H16O4/c12-10-6-2-1-4-8(14-10)9-5-3-7-11(13)15-9/h8-9H,1-7H2. The molecule has 84 valence electrons. The van der Waals surface area contributed by atoms with Gasteiger partial charge in [-0.05, 0) is 32.1 Å². The minimum Gasteiger partial charge on any atom is -0.458 e. The average molecular weight is 212 g/mol. The predicted molar refractivity (Wildman–Crippen MR) is 52.1 cm³/mol. The second kappa shape index (κ2) is 4.64. The van der Waals surface area contributed by atoms with Gasteiger partial charge < -0.3 is 9.47 Å². The van der Waals surface area contributed by atoms with Crippen LogP contribution in [0, 0.1) is 0 Å². The number of hydrogen-bond acceptors (Lipinski definition) is 4. The molecule has 4 heteroatoms. The first-order valence-corrected chi connectivity index (χ1v) is 5.64. The fourth-order valence-electron chi connectivity index (χ4n) is 2.16. The van der Waals surface area contributed by atoms with E-state index < -0.39 is 0 Å². The lowest BCUT2D eigenvalue weighted by atomic mass is 10.00. The molecule has 2 unspecified atom stereocenters. The zero-order valence-corrected chi connectivity index (χ0v) is 8.74. The van der Waals surface area contributed by atoms with E-state index >= 15 is 0 Å². The number of cyclic esters (lactones) is 2. The van der Waals surface area contributed by atoms with Gasteiger partial charge in [0.15, 0.2) is 0 Å². The van der Waals surface area contributed by atoms with E-state index in [1.165, 1.54) is 0 Å². The third-order valence-corrected chi connectivity index (χ3v) is 2.97. The minimum atomic E-state index is -0.204. The van der Waals surface area contributed by atoms with E-state index in [1.807, 2.05) is 0 Å². The van der Waals surface area contributed by atoms with Crippen molar-refractivity contribution >= 4 is 11.9 Å². The highest BCUT2D eigenvalue weighted by atomic mass is 16.6. The van der Waals surface area contributed by atoms with Crippen LogP contribution in [0.15, 0.2) is 0 Å². The quantitative estimate of drug-likeness (QED) is 0.619. The lowest BCUT2D eigenvalue weighted by molar-refractivity contribution is -0.172. The molecule has 0 spiro atoms. The van der Waals surface area contributed by atoms with Gasteiger partial charge in [-0.1, -0.05) is 0 Å². The summed E-state index contributed by atoms with van der Waals surface area (Å²) in [7, 11) is 0. The van der Waals surface area contributed by atoms with Gasteiger partial charge in [-0.3, -0.25) is 9.59 Å². The molecular weight excluding hydrogens is 196 g/mol. The zero-order chi connectivity index (χ0) is 10.7. The van der Waals surface area contributed by atoms with Gasteiger partial charge in [-0.15, -0.1) is 0 Å². The van der Waals surface area contributed by atoms with E-state index in [9.17, 15) is 9.59 Å². The smallest absolute Gasteiger partial charge is 0.306 e. The monoisotopic (exact) mass is 212 g/mol.